The van der Waals surface area contributed by atoms with E-state index in [0.717, 1.165) is 11.7 Å². The van der Waals surface area contributed by atoms with Crippen LogP contribution in [0.3, 0.4) is 0 Å². The molecule has 3 N–H and O–H groups in total. The molecule has 9 nitrogen and oxygen atoms in total. The zero-order valence-electron chi connectivity index (χ0n) is 26.9. The van der Waals surface area contributed by atoms with E-state index < -0.39 is 15.7 Å². The normalized spacial score (nSPS) is 14.5. The summed E-state index contributed by atoms with van der Waals surface area (Å²) in [4.78, 5) is 22.5. The van der Waals surface area contributed by atoms with Crippen molar-refractivity contribution in [2.75, 3.05) is 30.2 Å². The molecule has 0 spiro atoms. The molecule has 1 unspecified atom stereocenters. The molecule has 2 aromatic rings. The Hall–Kier alpha value is -0.973. The maximum absolute atomic E-state index is 12.3. The van der Waals surface area contributed by atoms with Gasteiger partial charge in [-0.1, -0.05) is 103 Å². The number of rotatable bonds is 25. The van der Waals surface area contributed by atoms with Crippen LogP contribution >= 0.6 is 19.4 Å². The molecule has 0 bridgehead atoms. The number of ether oxygens (including phenoxy) is 1. The summed E-state index contributed by atoms with van der Waals surface area (Å²) < 4.78 is 25.0. The number of hydrogen-bond donors (Lipinski definition) is 2. The molecule has 2 heterocycles. The molecule has 0 radical (unpaired) electrons. The lowest BCUT2D eigenvalue weighted by molar-refractivity contribution is 0.0724. The van der Waals surface area contributed by atoms with Gasteiger partial charge in [-0.3, -0.25) is 4.57 Å². The first-order valence-corrected chi connectivity index (χ1v) is 22.4. The predicted molar refractivity (Wildman–Crippen MR) is 181 cm³/mol. The van der Waals surface area contributed by atoms with E-state index in [1.54, 1.807) is 22.7 Å². The van der Waals surface area contributed by atoms with Gasteiger partial charge in [-0.05, 0) is 25.0 Å². The first-order chi connectivity index (χ1) is 20.0. The van der Waals surface area contributed by atoms with Crippen molar-refractivity contribution < 1.29 is 18.7 Å². The van der Waals surface area contributed by atoms with Gasteiger partial charge < -0.3 is 24.5 Å². The van der Waals surface area contributed by atoms with Gasteiger partial charge in [0.2, 0.25) is 0 Å². The van der Waals surface area contributed by atoms with Crippen LogP contribution in [0.2, 0.25) is 25.2 Å². The minimum Gasteiger partial charge on any atom is -0.382 e. The number of nitrogens with zero attached hydrogens (tertiary/aromatic N) is 4. The number of hydrogen-bond acceptors (Lipinski definition) is 8. The molecular formula is C30H58N5O4PSSi. The van der Waals surface area contributed by atoms with E-state index in [2.05, 4.69) is 41.9 Å². The fourth-order valence-electron chi connectivity index (χ4n) is 5.57. The zero-order valence-corrected chi connectivity index (χ0v) is 29.6. The van der Waals surface area contributed by atoms with E-state index in [1.807, 2.05) is 6.92 Å². The van der Waals surface area contributed by atoms with Gasteiger partial charge in [-0.2, -0.15) is 11.8 Å². The smallest absolute Gasteiger partial charge is 0.353 e. The van der Waals surface area contributed by atoms with Crippen LogP contribution in [0.4, 0.5) is 5.82 Å². The number of imidazole rings is 1. The molecule has 2 aromatic heterocycles. The van der Waals surface area contributed by atoms with Crippen LogP contribution in [0, 0.1) is 5.92 Å². The second kappa shape index (κ2) is 20.1. The van der Waals surface area contributed by atoms with Crippen LogP contribution in [0.25, 0.3) is 11.2 Å². The van der Waals surface area contributed by atoms with Gasteiger partial charge in [-0.25, -0.2) is 15.0 Å². The monoisotopic (exact) mass is 643 g/mol. The van der Waals surface area contributed by atoms with E-state index >= 15 is 0 Å². The standard InChI is InChI=1S/C30H58N5O4PSSi/c1-26(2)22-42(4,5)20-16-14-12-10-8-6-7-9-11-13-15-18-41-19-17-39-40(36,37)25-38-27(3)21-35-24-34-28-29(31)32-23-33-30(28)35/h23-24,26-27H,6-22,25H2,1-5H3,(H,36,37)(H2,31,32,33)/t27-/m1/s1. The van der Waals surface area contributed by atoms with Crippen molar-refractivity contribution in [3.8, 4) is 0 Å². The molecule has 0 amide bonds. The Kier molecular flexibility index (Phi) is 17.8. The first kappa shape index (κ1) is 37.2. The lowest BCUT2D eigenvalue weighted by Gasteiger charge is -2.24. The summed E-state index contributed by atoms with van der Waals surface area (Å²) in [5, 5.41) is 0. The molecular weight excluding hydrogens is 585 g/mol. The van der Waals surface area contributed by atoms with Crippen molar-refractivity contribution in [2.24, 2.45) is 5.92 Å². The molecule has 42 heavy (non-hydrogen) atoms. The molecule has 0 aliphatic carbocycles. The van der Waals surface area contributed by atoms with Crippen molar-refractivity contribution in [3.63, 3.8) is 0 Å². The van der Waals surface area contributed by atoms with Crippen molar-refractivity contribution >= 4 is 44.4 Å². The fourth-order valence-corrected chi connectivity index (χ4v) is 11.0. The van der Waals surface area contributed by atoms with Crippen LogP contribution in [0.15, 0.2) is 12.7 Å². The average Bonchev–Trinajstić information content (AvgIpc) is 3.32. The number of nitrogen functional groups attached to an aromatic ring is 1. The third-order valence-electron chi connectivity index (χ3n) is 7.53. The highest BCUT2D eigenvalue weighted by atomic mass is 32.2. The Morgan fingerprint density at radius 2 is 1.57 bits per heavy atom. The van der Waals surface area contributed by atoms with E-state index in [1.165, 1.54) is 89.0 Å². The van der Waals surface area contributed by atoms with Gasteiger partial charge in [0.25, 0.3) is 0 Å². The van der Waals surface area contributed by atoms with E-state index in [9.17, 15) is 9.46 Å². The molecule has 2 atom stereocenters. The zero-order chi connectivity index (χ0) is 30.8. The lowest BCUT2D eigenvalue weighted by Crippen LogP contribution is -2.26. The second-order valence-corrected chi connectivity index (χ2v) is 21.2. The maximum atomic E-state index is 12.3. The minimum absolute atomic E-state index is 0.246. The van der Waals surface area contributed by atoms with Gasteiger partial charge in [0, 0.05) is 13.8 Å². The highest BCUT2D eigenvalue weighted by Crippen LogP contribution is 2.42. The summed E-state index contributed by atoms with van der Waals surface area (Å²) in [6, 6.07) is 2.98. The van der Waals surface area contributed by atoms with Crippen LogP contribution in [0.1, 0.15) is 91.4 Å². The van der Waals surface area contributed by atoms with E-state index in [0.29, 0.717) is 29.3 Å². The molecule has 0 aromatic carbocycles. The molecule has 0 aliphatic heterocycles. The summed E-state index contributed by atoms with van der Waals surface area (Å²) in [7, 11) is -4.74. The Balaban J connectivity index is 1.37. The molecule has 0 aliphatic rings. The summed E-state index contributed by atoms with van der Waals surface area (Å²) in [5.41, 5.74) is 6.95. The average molecular weight is 644 g/mol. The Morgan fingerprint density at radius 1 is 0.952 bits per heavy atom. The highest BCUT2D eigenvalue weighted by Gasteiger charge is 2.22. The van der Waals surface area contributed by atoms with Crippen LogP contribution in [0.5, 0.6) is 0 Å². The van der Waals surface area contributed by atoms with Crippen molar-refractivity contribution in [1.82, 2.24) is 19.5 Å². The number of nitrogens with two attached hydrogens (primary N) is 1. The van der Waals surface area contributed by atoms with Gasteiger partial charge >= 0.3 is 7.60 Å². The van der Waals surface area contributed by atoms with Crippen molar-refractivity contribution in [2.45, 2.75) is 129 Å². The van der Waals surface area contributed by atoms with Gasteiger partial charge in [0.1, 0.15) is 18.2 Å². The third kappa shape index (κ3) is 16.2. The van der Waals surface area contributed by atoms with Gasteiger partial charge in [0.15, 0.2) is 11.5 Å². The molecule has 0 saturated heterocycles. The molecule has 0 saturated carbocycles. The van der Waals surface area contributed by atoms with Crippen LogP contribution in [-0.4, -0.2) is 63.1 Å². The number of unbranched alkanes of at least 4 members (excludes halogenated alkanes) is 10. The number of fused-ring (bicyclic) bond motifs is 1. The molecule has 0 fully saturated rings. The fraction of sp³-hybridized carbons (Fsp3) is 0.833. The van der Waals surface area contributed by atoms with Crippen molar-refractivity contribution in [1.29, 1.82) is 0 Å². The van der Waals surface area contributed by atoms with Crippen LogP contribution in [-0.2, 0) is 20.4 Å². The topological polar surface area (TPSA) is 125 Å². The maximum Gasteiger partial charge on any atom is 0.353 e. The lowest BCUT2D eigenvalue weighted by atomic mass is 10.1. The number of thioether (sulfide) groups is 1. The molecule has 242 valence electrons. The van der Waals surface area contributed by atoms with Crippen molar-refractivity contribution in [3.05, 3.63) is 12.7 Å². The SMILES string of the molecule is CC(C)C[Si](C)(C)CCCCCCCCCCCCCSCCOP(=O)(O)CO[C@H](C)Cn1cnc2c(N)ncnc21. The van der Waals surface area contributed by atoms with E-state index in [4.69, 9.17) is 15.0 Å². The quantitative estimate of drug-likeness (QED) is 0.0623. The summed E-state index contributed by atoms with van der Waals surface area (Å²) in [6.07, 6.45) is 17.3. The second-order valence-electron chi connectivity index (χ2n) is 12.9. The Labute approximate surface area is 260 Å². The van der Waals surface area contributed by atoms with Crippen LogP contribution < -0.4 is 5.73 Å². The van der Waals surface area contributed by atoms with E-state index in [-0.39, 0.29) is 19.1 Å². The molecule has 2 rings (SSSR count). The summed E-state index contributed by atoms with van der Waals surface area (Å²) >= 11 is 1.78. The predicted octanol–water partition coefficient (Wildman–Crippen LogP) is 8.36. The first-order valence-electron chi connectivity index (χ1n) is 16.1. The highest BCUT2D eigenvalue weighted by molar-refractivity contribution is 7.99. The Morgan fingerprint density at radius 3 is 2.21 bits per heavy atom. The summed E-state index contributed by atoms with van der Waals surface area (Å²) in [5.74, 6) is 2.95. The van der Waals surface area contributed by atoms with Gasteiger partial charge in [-0.15, -0.1) is 0 Å². The van der Waals surface area contributed by atoms with Gasteiger partial charge in [0.05, 0.1) is 25.6 Å². The number of anilines is 1. The largest absolute Gasteiger partial charge is 0.382 e. The number of aromatic nitrogens is 4. The third-order valence-corrected chi connectivity index (χ3v) is 13.3. The minimum atomic E-state index is -3.80. The summed E-state index contributed by atoms with van der Waals surface area (Å²) in [6.45, 7) is 12.4. The Bertz CT molecular complexity index is 1060. The molecule has 12 heteroatoms.